The van der Waals surface area contributed by atoms with Crippen LogP contribution in [0.15, 0.2) is 110 Å². The number of rotatable bonds is 4. The molecule has 0 saturated carbocycles. The van der Waals surface area contributed by atoms with E-state index in [1.807, 2.05) is 37.3 Å². The Morgan fingerprint density at radius 3 is 1.76 bits per heavy atom. The summed E-state index contributed by atoms with van der Waals surface area (Å²) in [5.41, 5.74) is 8.42. The van der Waals surface area contributed by atoms with Crippen molar-refractivity contribution in [1.82, 2.24) is 29.9 Å². The molecular weight excluding hydrogens is 751 g/mol. The van der Waals surface area contributed by atoms with Crippen molar-refractivity contribution >= 4 is 62.9 Å². The standard InChI is InChI=1S/C16H10ClF3N4.C10H9N3.C6H5ClIN/c17-14-8-13(11(9-23-14)16(18,19)20)24-12-5-2-1-4-10(12)15-21-6-3-7-22-15;11-9-5-2-1-4-8(9)10-12-6-3-7-13-10;1-4-3-9-6(7)2-5(4)8/h1-9H,(H,23,24);1-7H,11H2;2-3H,1H3. The number of anilines is 3. The van der Waals surface area contributed by atoms with Gasteiger partial charge in [-0.1, -0.05) is 47.5 Å². The fourth-order valence-electron chi connectivity index (χ4n) is 3.74. The zero-order chi connectivity index (χ0) is 33.1. The number of nitrogens with zero attached hydrogens (tertiary/aromatic N) is 6. The van der Waals surface area contributed by atoms with E-state index in [1.54, 1.807) is 67.4 Å². The number of hydrogen-bond donors (Lipinski definition) is 2. The van der Waals surface area contributed by atoms with Gasteiger partial charge in [0.15, 0.2) is 11.6 Å². The molecule has 8 nitrogen and oxygen atoms in total. The number of nitrogen functional groups attached to an aromatic ring is 1. The number of halogens is 6. The molecule has 6 rings (SSSR count). The van der Waals surface area contributed by atoms with E-state index in [4.69, 9.17) is 28.9 Å². The molecule has 0 unspecified atom stereocenters. The summed E-state index contributed by atoms with van der Waals surface area (Å²) in [7, 11) is 0. The van der Waals surface area contributed by atoms with Gasteiger partial charge >= 0.3 is 6.18 Å². The highest BCUT2D eigenvalue weighted by atomic mass is 127. The Labute approximate surface area is 286 Å². The number of nitrogens with two attached hydrogens (primary N) is 1. The lowest BCUT2D eigenvalue weighted by atomic mass is 10.1. The number of aryl methyl sites for hydroxylation is 1. The van der Waals surface area contributed by atoms with Gasteiger partial charge in [0.1, 0.15) is 10.3 Å². The van der Waals surface area contributed by atoms with Crippen LogP contribution in [0.1, 0.15) is 11.1 Å². The molecule has 0 amide bonds. The van der Waals surface area contributed by atoms with E-state index < -0.39 is 11.7 Å². The largest absolute Gasteiger partial charge is 0.419 e. The molecule has 4 aromatic heterocycles. The van der Waals surface area contributed by atoms with Gasteiger partial charge in [0.25, 0.3) is 0 Å². The first-order valence-electron chi connectivity index (χ1n) is 13.3. The minimum atomic E-state index is -4.56. The summed E-state index contributed by atoms with van der Waals surface area (Å²) in [6.07, 6.45) is 4.44. The molecule has 234 valence electrons. The van der Waals surface area contributed by atoms with Crippen LogP contribution in [0.3, 0.4) is 0 Å². The molecule has 4 heterocycles. The van der Waals surface area contributed by atoms with Gasteiger partial charge in [-0.05, 0) is 83.6 Å². The van der Waals surface area contributed by atoms with E-state index in [-0.39, 0.29) is 10.8 Å². The average Bonchev–Trinajstić information content (AvgIpc) is 3.04. The molecule has 46 heavy (non-hydrogen) atoms. The Morgan fingerprint density at radius 2 is 1.20 bits per heavy atom. The molecule has 3 N–H and O–H groups in total. The molecule has 0 radical (unpaired) electrons. The van der Waals surface area contributed by atoms with E-state index in [0.29, 0.717) is 39.9 Å². The lowest BCUT2D eigenvalue weighted by Crippen LogP contribution is -2.10. The zero-order valence-electron chi connectivity index (χ0n) is 23.9. The normalized spacial score (nSPS) is 10.6. The lowest BCUT2D eigenvalue weighted by molar-refractivity contribution is -0.137. The second kappa shape index (κ2) is 16.2. The SMILES string of the molecule is Cc1cnc(Cl)cc1I.FC(F)(F)c1cnc(Cl)cc1Nc1ccccc1-c1ncccn1.Nc1ccccc1-c1ncccn1. The van der Waals surface area contributed by atoms with E-state index in [9.17, 15) is 13.2 Å². The third-order valence-corrected chi connectivity index (χ3v) is 7.53. The molecule has 0 spiro atoms. The first-order chi connectivity index (χ1) is 22.0. The summed E-state index contributed by atoms with van der Waals surface area (Å²) in [4.78, 5) is 23.9. The van der Waals surface area contributed by atoms with Gasteiger partial charge in [-0.3, -0.25) is 0 Å². The maximum atomic E-state index is 13.2. The van der Waals surface area contributed by atoms with Crippen LogP contribution in [0.2, 0.25) is 10.3 Å². The van der Waals surface area contributed by atoms with Crippen LogP contribution in [-0.4, -0.2) is 29.9 Å². The lowest BCUT2D eigenvalue weighted by Gasteiger charge is -2.16. The Hall–Kier alpha value is -4.40. The smallest absolute Gasteiger partial charge is 0.398 e. The van der Waals surface area contributed by atoms with Crippen LogP contribution in [0.25, 0.3) is 22.8 Å². The van der Waals surface area contributed by atoms with Gasteiger partial charge in [0, 0.05) is 63.3 Å². The van der Waals surface area contributed by atoms with E-state index in [0.717, 1.165) is 15.2 Å². The van der Waals surface area contributed by atoms with Crippen molar-refractivity contribution in [3.63, 3.8) is 0 Å². The predicted molar refractivity (Wildman–Crippen MR) is 184 cm³/mol. The topological polar surface area (TPSA) is 115 Å². The van der Waals surface area contributed by atoms with Gasteiger partial charge in [-0.2, -0.15) is 13.2 Å². The molecule has 2 aromatic carbocycles. The number of pyridine rings is 2. The summed E-state index contributed by atoms with van der Waals surface area (Å²) in [5, 5.41) is 3.28. The molecular formula is C32H24Cl2F3IN8. The van der Waals surface area contributed by atoms with Crippen molar-refractivity contribution in [3.8, 4) is 22.8 Å². The number of alkyl halides is 3. The Bertz CT molecular complexity index is 1880. The van der Waals surface area contributed by atoms with E-state index >= 15 is 0 Å². The van der Waals surface area contributed by atoms with E-state index in [1.165, 1.54) is 5.56 Å². The second-order valence-corrected chi connectivity index (χ2v) is 11.1. The van der Waals surface area contributed by atoms with Crippen LogP contribution >= 0.6 is 45.8 Å². The summed E-state index contributed by atoms with van der Waals surface area (Å²) in [6, 6.07) is 20.8. The molecule has 0 fully saturated rings. The van der Waals surface area contributed by atoms with Gasteiger partial charge < -0.3 is 11.1 Å². The van der Waals surface area contributed by atoms with Gasteiger partial charge in [0.05, 0.1) is 11.3 Å². The van der Waals surface area contributed by atoms with Crippen LogP contribution in [-0.2, 0) is 6.18 Å². The quantitative estimate of drug-likeness (QED) is 0.104. The fourth-order valence-corrected chi connectivity index (χ4v) is 4.68. The van der Waals surface area contributed by atoms with Crippen molar-refractivity contribution in [3.05, 3.63) is 135 Å². The van der Waals surface area contributed by atoms with Crippen LogP contribution in [0, 0.1) is 10.5 Å². The fraction of sp³-hybridized carbons (Fsp3) is 0.0625. The number of para-hydroxylation sites is 2. The number of nitrogens with one attached hydrogen (secondary N) is 1. The minimum absolute atomic E-state index is 0.0426. The second-order valence-electron chi connectivity index (χ2n) is 9.21. The summed E-state index contributed by atoms with van der Waals surface area (Å²) < 4.78 is 40.6. The van der Waals surface area contributed by atoms with Gasteiger partial charge in [-0.25, -0.2) is 29.9 Å². The van der Waals surface area contributed by atoms with Gasteiger partial charge in [0.2, 0.25) is 0 Å². The highest BCUT2D eigenvalue weighted by molar-refractivity contribution is 14.1. The first-order valence-corrected chi connectivity index (χ1v) is 15.1. The maximum Gasteiger partial charge on any atom is 0.419 e. The zero-order valence-corrected chi connectivity index (χ0v) is 27.6. The molecule has 6 aromatic rings. The predicted octanol–water partition coefficient (Wildman–Crippen LogP) is 9.33. The van der Waals surface area contributed by atoms with Crippen LogP contribution in [0.4, 0.5) is 30.2 Å². The van der Waals surface area contributed by atoms with Crippen molar-refractivity contribution < 1.29 is 13.2 Å². The molecule has 0 aliphatic heterocycles. The van der Waals surface area contributed by atoms with Crippen molar-refractivity contribution in [2.45, 2.75) is 13.1 Å². The van der Waals surface area contributed by atoms with Crippen molar-refractivity contribution in [2.75, 3.05) is 11.1 Å². The maximum absolute atomic E-state index is 13.2. The molecule has 0 saturated heterocycles. The van der Waals surface area contributed by atoms with Crippen LogP contribution in [0.5, 0.6) is 0 Å². The molecule has 0 atom stereocenters. The molecule has 0 bridgehead atoms. The Kier molecular flexibility index (Phi) is 12.2. The van der Waals surface area contributed by atoms with Crippen molar-refractivity contribution in [2.24, 2.45) is 0 Å². The third kappa shape index (κ3) is 9.80. The third-order valence-electron chi connectivity index (χ3n) is 5.95. The van der Waals surface area contributed by atoms with E-state index in [2.05, 4.69) is 57.8 Å². The minimum Gasteiger partial charge on any atom is -0.398 e. The Balaban J connectivity index is 0.000000181. The highest BCUT2D eigenvalue weighted by Crippen LogP contribution is 2.38. The number of benzene rings is 2. The monoisotopic (exact) mass is 774 g/mol. The number of hydrogen-bond acceptors (Lipinski definition) is 8. The molecule has 0 aliphatic carbocycles. The molecule has 0 aliphatic rings. The van der Waals surface area contributed by atoms with Crippen molar-refractivity contribution in [1.29, 1.82) is 0 Å². The highest BCUT2D eigenvalue weighted by Gasteiger charge is 2.34. The van der Waals surface area contributed by atoms with Crippen LogP contribution < -0.4 is 11.1 Å². The number of aromatic nitrogens is 6. The Morgan fingerprint density at radius 1 is 0.674 bits per heavy atom. The molecule has 14 heteroatoms. The summed E-state index contributed by atoms with van der Waals surface area (Å²) in [6.45, 7) is 2.01. The summed E-state index contributed by atoms with van der Waals surface area (Å²) in [5.74, 6) is 1.06. The van der Waals surface area contributed by atoms with Gasteiger partial charge in [-0.15, -0.1) is 0 Å². The average molecular weight is 775 g/mol. The summed E-state index contributed by atoms with van der Waals surface area (Å²) >= 11 is 13.6. The first kappa shape index (κ1) is 34.5.